The summed E-state index contributed by atoms with van der Waals surface area (Å²) >= 11 is 0. The Morgan fingerprint density at radius 1 is 1.19 bits per heavy atom. The van der Waals surface area contributed by atoms with Crippen molar-refractivity contribution >= 4 is 39.8 Å². The van der Waals surface area contributed by atoms with Gasteiger partial charge in [0.2, 0.25) is 0 Å². The first-order valence-electron chi connectivity index (χ1n) is 8.63. The van der Waals surface area contributed by atoms with Gasteiger partial charge in [0.25, 0.3) is 0 Å². The van der Waals surface area contributed by atoms with E-state index in [2.05, 4.69) is 29.5 Å². The third kappa shape index (κ3) is 9.18. The maximum Gasteiger partial charge on any atom is 0.191 e. The van der Waals surface area contributed by atoms with Gasteiger partial charge in [-0.15, -0.1) is 24.0 Å². The zero-order valence-corrected chi connectivity index (χ0v) is 19.4. The second-order valence-electron chi connectivity index (χ2n) is 6.30. The molecular weight excluding hydrogens is 465 g/mol. The van der Waals surface area contributed by atoms with Crippen LogP contribution in [0.4, 0.5) is 0 Å². The van der Waals surface area contributed by atoms with E-state index in [1.165, 1.54) is 6.26 Å². The molecule has 0 aromatic heterocycles. The van der Waals surface area contributed by atoms with Gasteiger partial charge < -0.3 is 15.4 Å². The van der Waals surface area contributed by atoms with Gasteiger partial charge in [-0.25, -0.2) is 8.42 Å². The number of benzene rings is 1. The Morgan fingerprint density at radius 3 is 2.27 bits per heavy atom. The second kappa shape index (κ2) is 12.5. The highest BCUT2D eigenvalue weighted by atomic mass is 127. The minimum absolute atomic E-state index is 0. The normalized spacial score (nSPS) is 13.2. The highest BCUT2D eigenvalue weighted by Crippen LogP contribution is 2.11. The number of sulfone groups is 1. The highest BCUT2D eigenvalue weighted by molar-refractivity contribution is 14.0. The monoisotopic (exact) mass is 497 g/mol. The molecule has 6 nitrogen and oxygen atoms in total. The molecule has 2 N–H and O–H groups in total. The predicted octanol–water partition coefficient (Wildman–Crippen LogP) is 2.82. The molecular formula is C18H32IN3O3S. The lowest BCUT2D eigenvalue weighted by Crippen LogP contribution is -2.38. The van der Waals surface area contributed by atoms with Crippen molar-refractivity contribution in [3.8, 4) is 0 Å². The summed E-state index contributed by atoms with van der Waals surface area (Å²) in [5.74, 6) is 1.19. The summed E-state index contributed by atoms with van der Waals surface area (Å²) in [6.07, 6.45) is 2.35. The average Bonchev–Trinajstić information content (AvgIpc) is 2.56. The minimum Gasteiger partial charge on any atom is -0.378 e. The molecule has 0 saturated heterocycles. The predicted molar refractivity (Wildman–Crippen MR) is 118 cm³/mol. The second-order valence-corrected chi connectivity index (χ2v) is 8.31. The molecule has 1 rings (SSSR count). The van der Waals surface area contributed by atoms with Crippen LogP contribution in [0.15, 0.2) is 34.2 Å². The average molecular weight is 497 g/mol. The van der Waals surface area contributed by atoms with Crippen LogP contribution in [0.3, 0.4) is 0 Å². The van der Waals surface area contributed by atoms with Crippen molar-refractivity contribution in [1.29, 1.82) is 0 Å². The first kappa shape index (κ1) is 25.1. The maximum absolute atomic E-state index is 11.5. The maximum atomic E-state index is 11.5. The summed E-state index contributed by atoms with van der Waals surface area (Å²) in [7, 11) is -1.43. The van der Waals surface area contributed by atoms with E-state index in [0.717, 1.165) is 25.1 Å². The fourth-order valence-electron chi connectivity index (χ4n) is 2.42. The van der Waals surface area contributed by atoms with Gasteiger partial charge in [-0.1, -0.05) is 26.0 Å². The number of hydrogen-bond acceptors (Lipinski definition) is 4. The standard InChI is InChI=1S/C18H31N3O3S.HI/c1-6-24-17(14(2)3)11-12-20-18(19-4)21-13-15-7-9-16(10-8-15)25(5,22)23;/h7-10,14,17H,6,11-13H2,1-5H3,(H2,19,20,21);1H. The van der Waals surface area contributed by atoms with E-state index in [4.69, 9.17) is 4.74 Å². The van der Waals surface area contributed by atoms with Crippen molar-refractivity contribution in [3.63, 3.8) is 0 Å². The Morgan fingerprint density at radius 2 is 1.81 bits per heavy atom. The Bertz CT molecular complexity index is 646. The molecule has 0 heterocycles. The van der Waals surface area contributed by atoms with Crippen LogP contribution < -0.4 is 10.6 Å². The first-order chi connectivity index (χ1) is 11.8. The zero-order valence-electron chi connectivity index (χ0n) is 16.3. The molecule has 0 amide bonds. The molecule has 0 bridgehead atoms. The van der Waals surface area contributed by atoms with Gasteiger partial charge in [0.05, 0.1) is 11.0 Å². The van der Waals surface area contributed by atoms with Gasteiger partial charge in [0.1, 0.15) is 0 Å². The molecule has 1 atom stereocenters. The van der Waals surface area contributed by atoms with Crippen LogP contribution in [-0.4, -0.2) is 46.9 Å². The van der Waals surface area contributed by atoms with Crippen LogP contribution in [0.2, 0.25) is 0 Å². The summed E-state index contributed by atoms with van der Waals surface area (Å²) in [5, 5.41) is 6.51. The van der Waals surface area contributed by atoms with Crippen LogP contribution in [0.1, 0.15) is 32.8 Å². The van der Waals surface area contributed by atoms with E-state index < -0.39 is 9.84 Å². The number of hydrogen-bond donors (Lipinski definition) is 2. The van der Waals surface area contributed by atoms with E-state index in [1.54, 1.807) is 31.3 Å². The molecule has 8 heteroatoms. The van der Waals surface area contributed by atoms with E-state index in [1.807, 2.05) is 6.92 Å². The fraction of sp³-hybridized carbons (Fsp3) is 0.611. The van der Waals surface area contributed by atoms with Gasteiger partial charge in [-0.3, -0.25) is 4.99 Å². The number of rotatable bonds is 9. The van der Waals surface area contributed by atoms with Gasteiger partial charge in [0, 0.05) is 33.0 Å². The highest BCUT2D eigenvalue weighted by Gasteiger charge is 2.13. The molecule has 0 fully saturated rings. The van der Waals surface area contributed by atoms with Crippen molar-refractivity contribution in [2.24, 2.45) is 10.9 Å². The molecule has 0 saturated carbocycles. The number of guanidine groups is 1. The van der Waals surface area contributed by atoms with Crippen molar-refractivity contribution in [2.45, 2.75) is 44.7 Å². The van der Waals surface area contributed by atoms with Crippen molar-refractivity contribution < 1.29 is 13.2 Å². The SMILES string of the molecule is CCOC(CCNC(=NC)NCc1ccc(S(C)(=O)=O)cc1)C(C)C.I. The third-order valence-corrected chi connectivity index (χ3v) is 5.01. The number of halogens is 1. The zero-order chi connectivity index (χ0) is 18.9. The van der Waals surface area contributed by atoms with E-state index >= 15 is 0 Å². The van der Waals surface area contributed by atoms with Gasteiger partial charge in [-0.2, -0.15) is 0 Å². The largest absolute Gasteiger partial charge is 0.378 e. The Hall–Kier alpha value is -0.870. The summed E-state index contributed by atoms with van der Waals surface area (Å²) in [5.41, 5.74) is 0.990. The third-order valence-electron chi connectivity index (χ3n) is 3.88. The molecule has 150 valence electrons. The van der Waals surface area contributed by atoms with Crippen LogP contribution in [-0.2, 0) is 21.1 Å². The smallest absolute Gasteiger partial charge is 0.191 e. The van der Waals surface area contributed by atoms with E-state index in [9.17, 15) is 8.42 Å². The Kier molecular flexibility index (Phi) is 12.1. The number of aliphatic imine (C=N–C) groups is 1. The van der Waals surface area contributed by atoms with E-state index in [0.29, 0.717) is 23.3 Å². The fourth-order valence-corrected chi connectivity index (χ4v) is 3.05. The topological polar surface area (TPSA) is 79.8 Å². The van der Waals surface area contributed by atoms with Crippen LogP contribution in [0.5, 0.6) is 0 Å². The first-order valence-corrected chi connectivity index (χ1v) is 10.5. The molecule has 0 radical (unpaired) electrons. The summed E-state index contributed by atoms with van der Waals surface area (Å²) < 4.78 is 28.7. The van der Waals surface area contributed by atoms with E-state index in [-0.39, 0.29) is 30.1 Å². The van der Waals surface area contributed by atoms with Crippen LogP contribution >= 0.6 is 24.0 Å². The Labute approximate surface area is 175 Å². The number of ether oxygens (including phenoxy) is 1. The van der Waals surface area contributed by atoms with Gasteiger partial charge >= 0.3 is 0 Å². The minimum atomic E-state index is -3.16. The summed E-state index contributed by atoms with van der Waals surface area (Å²) in [4.78, 5) is 4.53. The van der Waals surface area contributed by atoms with Crippen LogP contribution in [0.25, 0.3) is 0 Å². The molecule has 0 aliphatic carbocycles. The quantitative estimate of drug-likeness (QED) is 0.312. The molecule has 0 aliphatic heterocycles. The summed E-state index contributed by atoms with van der Waals surface area (Å²) in [6.45, 7) is 8.40. The lowest BCUT2D eigenvalue weighted by Gasteiger charge is -2.21. The molecule has 0 aliphatic rings. The molecule has 0 spiro atoms. The Balaban J connectivity index is 0.00000625. The lowest BCUT2D eigenvalue weighted by atomic mass is 10.0. The molecule has 26 heavy (non-hydrogen) atoms. The summed E-state index contributed by atoms with van der Waals surface area (Å²) in [6, 6.07) is 6.86. The molecule has 1 aromatic rings. The van der Waals surface area contributed by atoms with Crippen molar-refractivity contribution in [3.05, 3.63) is 29.8 Å². The number of nitrogens with one attached hydrogen (secondary N) is 2. The molecule has 1 aromatic carbocycles. The van der Waals surface area contributed by atoms with Crippen molar-refractivity contribution in [2.75, 3.05) is 26.5 Å². The van der Waals surface area contributed by atoms with Gasteiger partial charge in [0.15, 0.2) is 15.8 Å². The lowest BCUT2D eigenvalue weighted by molar-refractivity contribution is 0.0258. The van der Waals surface area contributed by atoms with Crippen molar-refractivity contribution in [1.82, 2.24) is 10.6 Å². The molecule has 1 unspecified atom stereocenters. The van der Waals surface area contributed by atoms with Crippen LogP contribution in [0, 0.1) is 5.92 Å². The number of nitrogens with zero attached hydrogens (tertiary/aromatic N) is 1. The van der Waals surface area contributed by atoms with Gasteiger partial charge in [-0.05, 0) is 37.0 Å².